The van der Waals surface area contributed by atoms with Crippen molar-refractivity contribution in [3.8, 4) is 0 Å². The van der Waals surface area contributed by atoms with Crippen LogP contribution in [0.2, 0.25) is 0 Å². The molecule has 0 aliphatic carbocycles. The second-order valence-corrected chi connectivity index (χ2v) is 0. The van der Waals surface area contributed by atoms with E-state index in [1.807, 2.05) is 0 Å². The van der Waals surface area contributed by atoms with E-state index in [0.717, 1.165) is 0 Å². The van der Waals surface area contributed by atoms with E-state index in [0.29, 0.717) is 0 Å². The van der Waals surface area contributed by atoms with Crippen molar-refractivity contribution in [3.63, 3.8) is 0 Å². The van der Waals surface area contributed by atoms with Gasteiger partial charge in [0.25, 0.3) is 0 Å². The first-order chi connectivity index (χ1) is 0. The van der Waals surface area contributed by atoms with Crippen LogP contribution in [0.1, 0.15) is 0 Å². The predicted molar refractivity (Wildman–Crippen MR) is 11.5 cm³/mol. The maximum absolute atomic E-state index is 0. The molecule has 0 rings (SSSR count). The summed E-state index contributed by atoms with van der Waals surface area (Å²) in [4.78, 5) is 0. The second-order valence-electron chi connectivity index (χ2n) is 0. The first kappa shape index (κ1) is 26.8. The molecule has 16 valence electrons. The van der Waals surface area contributed by atoms with E-state index < -0.39 is 0 Å². The molecule has 0 aromatic carbocycles. The van der Waals surface area contributed by atoms with Crippen LogP contribution in [0.15, 0.2) is 0 Å². The molecule has 4 radical (unpaired) electrons. The monoisotopic (exact) mass is 168 g/mol. The maximum atomic E-state index is 0. The summed E-state index contributed by atoms with van der Waals surface area (Å²) < 4.78 is 0. The van der Waals surface area contributed by atoms with Crippen molar-refractivity contribution in [2.75, 3.05) is 0 Å². The van der Waals surface area contributed by atoms with E-state index in [1.54, 1.807) is 0 Å². The fraction of sp³-hybridized carbons (Fsp3) is 0. The third-order valence-electron chi connectivity index (χ3n) is 0. The van der Waals surface area contributed by atoms with E-state index in [9.17, 15) is 0 Å². The first-order valence-corrected chi connectivity index (χ1v) is 0. The van der Waals surface area contributed by atoms with Gasteiger partial charge in [0.05, 0.1) is 0 Å². The zero-order valence-corrected chi connectivity index (χ0v) is 8.56. The molecule has 0 bridgehead atoms. The van der Waals surface area contributed by atoms with Gasteiger partial charge in [-0.05, 0) is 0 Å². The van der Waals surface area contributed by atoms with Crippen LogP contribution in [0.5, 0.6) is 0 Å². The van der Waals surface area contributed by atoms with E-state index in [4.69, 9.17) is 0 Å². The summed E-state index contributed by atoms with van der Waals surface area (Å²) in [6.45, 7) is 0. The summed E-state index contributed by atoms with van der Waals surface area (Å²) in [5.74, 6) is 0. The molecule has 0 spiro atoms. The Kier molecular flexibility index (Phi) is 109. The average molecular weight is 168 g/mol. The van der Waals surface area contributed by atoms with Gasteiger partial charge in [-0.3, -0.25) is 0 Å². The molecule has 4 heavy (non-hydrogen) atoms. The van der Waals surface area contributed by atoms with Crippen LogP contribution in [-0.4, -0.2) is 60.8 Å². The summed E-state index contributed by atoms with van der Waals surface area (Å²) in [5, 5.41) is 0. The Balaban J connectivity index is 0. The molecule has 0 saturated carbocycles. The number of hydrogen-bond acceptors (Lipinski definition) is 0. The van der Waals surface area contributed by atoms with Gasteiger partial charge in [0, 0.05) is 99.6 Å². The third-order valence-corrected chi connectivity index (χ3v) is 0. The van der Waals surface area contributed by atoms with Crippen molar-refractivity contribution < 1.29 is 38.8 Å². The molecule has 0 aliphatic rings. The Bertz CT molecular complexity index is 8.00. The molecular formula is CaFeMgTi. The van der Waals surface area contributed by atoms with Crippen molar-refractivity contribution in [2.45, 2.75) is 0 Å². The van der Waals surface area contributed by atoms with E-state index in [-0.39, 0.29) is 99.6 Å². The molecule has 0 saturated heterocycles. The number of rotatable bonds is 0. The van der Waals surface area contributed by atoms with Gasteiger partial charge in [-0.15, -0.1) is 0 Å². The average Bonchev–Trinajstić information content (AvgIpc) is 0. The van der Waals surface area contributed by atoms with Gasteiger partial charge < -0.3 is 0 Å². The minimum Gasteiger partial charge on any atom is 0 e. The predicted octanol–water partition coefficient (Wildman–Crippen LogP) is -0.767. The van der Waals surface area contributed by atoms with E-state index in [2.05, 4.69) is 0 Å². The zero-order chi connectivity index (χ0) is 0. The summed E-state index contributed by atoms with van der Waals surface area (Å²) >= 11 is 0. The van der Waals surface area contributed by atoms with Crippen molar-refractivity contribution in [2.24, 2.45) is 0 Å². The zero-order valence-electron chi connectivity index (χ0n) is 2.27. The Labute approximate surface area is 97.4 Å². The van der Waals surface area contributed by atoms with Crippen LogP contribution in [0.4, 0.5) is 0 Å². The SMILES string of the molecule is [Ca].[Fe].[Mg].[Ti]. The van der Waals surface area contributed by atoms with Gasteiger partial charge in [0.15, 0.2) is 0 Å². The van der Waals surface area contributed by atoms with E-state index >= 15 is 0 Å². The van der Waals surface area contributed by atoms with Crippen LogP contribution in [0.3, 0.4) is 0 Å². The van der Waals surface area contributed by atoms with Crippen molar-refractivity contribution in [1.82, 2.24) is 0 Å². The summed E-state index contributed by atoms with van der Waals surface area (Å²) in [6, 6.07) is 0. The molecule has 0 aromatic rings. The smallest absolute Gasteiger partial charge is 0 e. The summed E-state index contributed by atoms with van der Waals surface area (Å²) in [7, 11) is 0. The van der Waals surface area contributed by atoms with Gasteiger partial charge >= 0.3 is 0 Å². The molecule has 0 unspecified atom stereocenters. The molecule has 0 heterocycles. The Hall–Kier alpha value is 3.26. The molecule has 0 N–H and O–H groups in total. The quantitative estimate of drug-likeness (QED) is 0.417. The minimum absolute atomic E-state index is 0. The Morgan fingerprint density at radius 2 is 1.00 bits per heavy atom. The van der Waals surface area contributed by atoms with Gasteiger partial charge in [-0.1, -0.05) is 0 Å². The van der Waals surface area contributed by atoms with Crippen LogP contribution >= 0.6 is 0 Å². The fourth-order valence-electron chi connectivity index (χ4n) is 0. The van der Waals surface area contributed by atoms with Gasteiger partial charge in [-0.25, -0.2) is 0 Å². The van der Waals surface area contributed by atoms with Gasteiger partial charge in [0.2, 0.25) is 0 Å². The first-order valence-electron chi connectivity index (χ1n) is 0. The van der Waals surface area contributed by atoms with Crippen LogP contribution < -0.4 is 0 Å². The second kappa shape index (κ2) is 16.3. The van der Waals surface area contributed by atoms with E-state index in [1.165, 1.54) is 0 Å². The largest absolute Gasteiger partial charge is 0 e. The fourth-order valence-corrected chi connectivity index (χ4v) is 0. The molecule has 0 aromatic heterocycles. The van der Waals surface area contributed by atoms with Crippen LogP contribution in [-0.2, 0) is 38.8 Å². The standard InChI is InChI=1S/Ca.Fe.Mg.Ti. The van der Waals surface area contributed by atoms with Crippen molar-refractivity contribution in [3.05, 3.63) is 0 Å². The van der Waals surface area contributed by atoms with Crippen molar-refractivity contribution in [1.29, 1.82) is 0 Å². The summed E-state index contributed by atoms with van der Waals surface area (Å²) in [5.41, 5.74) is 0. The maximum Gasteiger partial charge on any atom is 0 e. The molecule has 4 heteroatoms. The molecule has 0 fully saturated rings. The normalized spacial score (nSPS) is 0. The van der Waals surface area contributed by atoms with Gasteiger partial charge in [0.1, 0.15) is 0 Å². The summed E-state index contributed by atoms with van der Waals surface area (Å²) in [6.07, 6.45) is 0. The third kappa shape index (κ3) is 8.98. The molecular weight excluding hydrogens is 168 g/mol. The molecule has 0 amide bonds. The topological polar surface area (TPSA) is 0 Å². The molecule has 0 aliphatic heterocycles. The molecule has 0 nitrogen and oxygen atoms in total. The van der Waals surface area contributed by atoms with Crippen molar-refractivity contribution >= 4 is 60.8 Å². The van der Waals surface area contributed by atoms with Crippen LogP contribution in [0.25, 0.3) is 0 Å². The Morgan fingerprint density at radius 3 is 1.00 bits per heavy atom. The number of hydrogen-bond donors (Lipinski definition) is 0. The minimum atomic E-state index is 0. The Morgan fingerprint density at radius 1 is 1.00 bits per heavy atom. The van der Waals surface area contributed by atoms with Gasteiger partial charge in [-0.2, -0.15) is 0 Å². The molecule has 0 atom stereocenters. The van der Waals surface area contributed by atoms with Crippen LogP contribution in [0, 0.1) is 0 Å².